The lowest BCUT2D eigenvalue weighted by molar-refractivity contribution is -0.0896. The van der Waals surface area contributed by atoms with Gasteiger partial charge in [-0.3, -0.25) is 4.79 Å². The maximum absolute atomic E-state index is 13.1. The number of rotatable bonds is 13. The van der Waals surface area contributed by atoms with Gasteiger partial charge in [0, 0.05) is 5.56 Å². The standard InChI is InChI=1S/C38H36O6/c39-36-31(26-41-33-21-11-10-20-32(33)36)19-12-22-34-37(42-24-29-15-6-2-7-16-29)38(43-25-30-17-8-3-9-18-30)35(44-34)27-40-23-28-13-4-1-5-14-28/h1-18,20-22,26,34-35,37-38H,19,23-25,27H2/b22-12+/t34-,35+,37-,38+/m0/s1. The summed E-state index contributed by atoms with van der Waals surface area (Å²) in [5.41, 5.74) is 4.36. The molecule has 0 aliphatic carbocycles. The maximum Gasteiger partial charge on any atom is 0.196 e. The Kier molecular flexibility index (Phi) is 10.1. The molecule has 0 unspecified atom stereocenters. The van der Waals surface area contributed by atoms with Crippen LogP contribution < -0.4 is 5.43 Å². The van der Waals surface area contributed by atoms with Crippen molar-refractivity contribution in [2.75, 3.05) is 6.61 Å². The fraction of sp³-hybridized carbons (Fsp3) is 0.237. The molecule has 0 bridgehead atoms. The van der Waals surface area contributed by atoms with Crippen molar-refractivity contribution in [3.05, 3.63) is 166 Å². The molecule has 5 aromatic rings. The molecule has 224 valence electrons. The highest BCUT2D eigenvalue weighted by Gasteiger charge is 2.45. The Morgan fingerprint density at radius 1 is 0.659 bits per heavy atom. The third kappa shape index (κ3) is 7.59. The van der Waals surface area contributed by atoms with Crippen LogP contribution in [0.1, 0.15) is 22.3 Å². The Bertz CT molecular complexity index is 1680. The van der Waals surface area contributed by atoms with Gasteiger partial charge in [0.05, 0.1) is 38.1 Å². The van der Waals surface area contributed by atoms with Crippen LogP contribution in [0.2, 0.25) is 0 Å². The van der Waals surface area contributed by atoms with Gasteiger partial charge in [-0.2, -0.15) is 0 Å². The third-order valence-corrected chi connectivity index (χ3v) is 7.73. The van der Waals surface area contributed by atoms with E-state index in [1.54, 1.807) is 18.4 Å². The topological polar surface area (TPSA) is 67.1 Å². The number of ether oxygens (including phenoxy) is 4. The minimum Gasteiger partial charge on any atom is -0.464 e. The highest BCUT2D eigenvalue weighted by atomic mass is 16.6. The van der Waals surface area contributed by atoms with Gasteiger partial charge in [-0.1, -0.05) is 115 Å². The Morgan fingerprint density at radius 2 is 1.23 bits per heavy atom. The minimum atomic E-state index is -0.405. The van der Waals surface area contributed by atoms with Gasteiger partial charge >= 0.3 is 0 Å². The van der Waals surface area contributed by atoms with Gasteiger partial charge in [0.2, 0.25) is 0 Å². The van der Waals surface area contributed by atoms with Crippen LogP contribution in [0.25, 0.3) is 11.0 Å². The van der Waals surface area contributed by atoms with E-state index in [4.69, 9.17) is 23.4 Å². The molecule has 1 saturated heterocycles. The van der Waals surface area contributed by atoms with Gasteiger partial charge in [0.15, 0.2) is 5.43 Å². The second-order valence-electron chi connectivity index (χ2n) is 10.9. The van der Waals surface area contributed by atoms with Gasteiger partial charge < -0.3 is 23.4 Å². The van der Waals surface area contributed by atoms with Crippen LogP contribution in [0.4, 0.5) is 0 Å². The van der Waals surface area contributed by atoms with Crippen molar-refractivity contribution in [2.24, 2.45) is 0 Å². The summed E-state index contributed by atoms with van der Waals surface area (Å²) in [7, 11) is 0. The number of fused-ring (bicyclic) bond motifs is 1. The zero-order valence-corrected chi connectivity index (χ0v) is 24.5. The summed E-state index contributed by atoms with van der Waals surface area (Å²) in [4.78, 5) is 13.1. The normalized spacial score (nSPS) is 20.0. The first-order valence-electron chi connectivity index (χ1n) is 15.0. The largest absolute Gasteiger partial charge is 0.464 e. The molecule has 0 spiro atoms. The van der Waals surface area contributed by atoms with Gasteiger partial charge in [-0.25, -0.2) is 0 Å². The molecule has 44 heavy (non-hydrogen) atoms. The van der Waals surface area contributed by atoms with Crippen molar-refractivity contribution in [1.82, 2.24) is 0 Å². The summed E-state index contributed by atoms with van der Waals surface area (Å²) in [5, 5.41) is 0.574. The number of benzene rings is 4. The fourth-order valence-corrected chi connectivity index (χ4v) is 5.42. The van der Waals surface area contributed by atoms with Crippen LogP contribution >= 0.6 is 0 Å². The van der Waals surface area contributed by atoms with E-state index in [0.717, 1.165) is 16.7 Å². The van der Waals surface area contributed by atoms with E-state index in [1.165, 1.54) is 0 Å². The second-order valence-corrected chi connectivity index (χ2v) is 10.9. The number of allylic oxidation sites excluding steroid dienone is 1. The summed E-state index contributed by atoms with van der Waals surface area (Å²) in [6.07, 6.45) is 4.33. The van der Waals surface area contributed by atoms with Crippen molar-refractivity contribution in [1.29, 1.82) is 0 Å². The molecule has 0 N–H and O–H groups in total. The molecule has 0 amide bonds. The van der Waals surface area contributed by atoms with Gasteiger partial charge in [0.25, 0.3) is 0 Å². The molecule has 4 aromatic carbocycles. The third-order valence-electron chi connectivity index (χ3n) is 7.73. The molecule has 1 aromatic heterocycles. The quantitative estimate of drug-likeness (QED) is 0.137. The van der Waals surface area contributed by atoms with Gasteiger partial charge in [0.1, 0.15) is 30.0 Å². The first-order chi connectivity index (χ1) is 21.7. The molecule has 1 aliphatic heterocycles. The summed E-state index contributed by atoms with van der Waals surface area (Å²) in [6, 6.07) is 37.5. The van der Waals surface area contributed by atoms with Crippen LogP contribution in [0.5, 0.6) is 0 Å². The molecule has 0 saturated carbocycles. The van der Waals surface area contributed by atoms with E-state index in [0.29, 0.717) is 49.4 Å². The molecule has 1 fully saturated rings. The van der Waals surface area contributed by atoms with Crippen molar-refractivity contribution in [2.45, 2.75) is 50.7 Å². The predicted molar refractivity (Wildman–Crippen MR) is 170 cm³/mol. The van der Waals surface area contributed by atoms with Crippen LogP contribution in [0.15, 0.2) is 143 Å². The molecule has 6 rings (SSSR count). The van der Waals surface area contributed by atoms with Crippen LogP contribution in [-0.2, 0) is 45.2 Å². The molecule has 0 radical (unpaired) electrons. The Hall–Kier alpha value is -4.33. The number of hydrogen-bond donors (Lipinski definition) is 0. The monoisotopic (exact) mass is 588 g/mol. The Morgan fingerprint density at radius 3 is 1.89 bits per heavy atom. The average molecular weight is 589 g/mol. The minimum absolute atomic E-state index is 0.0306. The summed E-state index contributed by atoms with van der Waals surface area (Å²) >= 11 is 0. The van der Waals surface area contributed by atoms with E-state index in [9.17, 15) is 4.79 Å². The second kappa shape index (κ2) is 14.9. The highest BCUT2D eigenvalue weighted by molar-refractivity contribution is 5.76. The zero-order chi connectivity index (χ0) is 30.0. The summed E-state index contributed by atoms with van der Waals surface area (Å²) < 4.78 is 31.5. The Labute approximate surface area is 257 Å². The summed E-state index contributed by atoms with van der Waals surface area (Å²) in [6.45, 7) is 1.65. The lowest BCUT2D eigenvalue weighted by Crippen LogP contribution is -2.38. The molecular formula is C38H36O6. The first kappa shape index (κ1) is 29.7. The van der Waals surface area contributed by atoms with Crippen LogP contribution in [-0.4, -0.2) is 31.0 Å². The van der Waals surface area contributed by atoms with E-state index in [1.807, 2.05) is 115 Å². The SMILES string of the molecule is O=c1c(C/C=C/[C@@H]2O[C@H](COCc3ccccc3)[C@@H](OCc3ccccc3)[C@H]2OCc2ccccc2)coc2ccccc12. The van der Waals surface area contributed by atoms with E-state index >= 15 is 0 Å². The smallest absolute Gasteiger partial charge is 0.196 e. The van der Waals surface area contributed by atoms with Crippen molar-refractivity contribution in [3.8, 4) is 0 Å². The molecule has 2 heterocycles. The molecule has 6 nitrogen and oxygen atoms in total. The van der Waals surface area contributed by atoms with Crippen molar-refractivity contribution in [3.63, 3.8) is 0 Å². The molecular weight excluding hydrogens is 552 g/mol. The fourth-order valence-electron chi connectivity index (χ4n) is 5.42. The predicted octanol–water partition coefficient (Wildman–Crippen LogP) is 7.05. The first-order valence-corrected chi connectivity index (χ1v) is 15.0. The molecule has 1 aliphatic rings. The van der Waals surface area contributed by atoms with Gasteiger partial charge in [-0.05, 0) is 35.2 Å². The van der Waals surface area contributed by atoms with E-state index in [2.05, 4.69) is 0 Å². The average Bonchev–Trinajstić information content (AvgIpc) is 3.41. The van der Waals surface area contributed by atoms with Crippen LogP contribution in [0, 0.1) is 0 Å². The Balaban J connectivity index is 1.22. The summed E-state index contributed by atoms with van der Waals surface area (Å²) in [5.74, 6) is 0. The highest BCUT2D eigenvalue weighted by Crippen LogP contribution is 2.30. The van der Waals surface area contributed by atoms with E-state index < -0.39 is 12.2 Å². The van der Waals surface area contributed by atoms with Crippen molar-refractivity contribution >= 4 is 11.0 Å². The zero-order valence-electron chi connectivity index (χ0n) is 24.5. The lowest BCUT2D eigenvalue weighted by atomic mass is 10.1. The molecule has 6 heteroatoms. The van der Waals surface area contributed by atoms with Crippen LogP contribution in [0.3, 0.4) is 0 Å². The van der Waals surface area contributed by atoms with E-state index in [-0.39, 0.29) is 17.6 Å². The number of para-hydroxylation sites is 1. The van der Waals surface area contributed by atoms with Gasteiger partial charge in [-0.15, -0.1) is 0 Å². The lowest BCUT2D eigenvalue weighted by Gasteiger charge is -2.24. The number of hydrogen-bond acceptors (Lipinski definition) is 6. The maximum atomic E-state index is 13.1. The van der Waals surface area contributed by atoms with Crippen molar-refractivity contribution < 1.29 is 23.4 Å². The molecule has 4 atom stereocenters.